The molecule has 6 heteroatoms. The largest absolute Gasteiger partial charge is 0.416 e. The van der Waals surface area contributed by atoms with Crippen LogP contribution < -0.4 is 0 Å². The summed E-state index contributed by atoms with van der Waals surface area (Å²) in [6.07, 6.45) is 2.24. The van der Waals surface area contributed by atoms with Crippen molar-refractivity contribution in [2.75, 3.05) is 0 Å². The summed E-state index contributed by atoms with van der Waals surface area (Å²) >= 11 is 0. The fraction of sp³-hybridized carbons (Fsp3) is 0.0435. The summed E-state index contributed by atoms with van der Waals surface area (Å²) in [7, 11) is -3.92. The third-order valence-electron chi connectivity index (χ3n) is 4.21. The fourth-order valence-corrected chi connectivity index (χ4v) is 4.20. The molecule has 0 aliphatic heterocycles. The first-order chi connectivity index (χ1) is 13.7. The Labute approximate surface area is 167 Å². The average molecular weight is 412 g/mol. The van der Waals surface area contributed by atoms with Gasteiger partial charge in [-0.2, -0.15) is 13.2 Å². The lowest BCUT2D eigenvalue weighted by atomic mass is 10.1. The predicted octanol–water partition coefficient (Wildman–Crippen LogP) is 5.66. The van der Waals surface area contributed by atoms with Crippen LogP contribution in [0.3, 0.4) is 0 Å². The van der Waals surface area contributed by atoms with E-state index in [2.05, 4.69) is 5.92 Å². The molecule has 0 atom stereocenters. The van der Waals surface area contributed by atoms with E-state index in [-0.39, 0.29) is 9.80 Å². The Bertz CT molecular complexity index is 1170. The molecular weight excluding hydrogens is 397 g/mol. The Morgan fingerprint density at radius 1 is 0.862 bits per heavy atom. The SMILES string of the molecule is C#Cc1ccc(C(=Cc2ccc(C(F)(F)F)cc2)S(=O)(=O)c2ccccc2)cc1. The third kappa shape index (κ3) is 4.58. The van der Waals surface area contributed by atoms with E-state index in [9.17, 15) is 21.6 Å². The molecule has 0 bridgehead atoms. The van der Waals surface area contributed by atoms with Crippen LogP contribution in [0.2, 0.25) is 0 Å². The number of terminal acetylenes is 1. The second-order valence-electron chi connectivity index (χ2n) is 6.17. The highest BCUT2D eigenvalue weighted by atomic mass is 32.2. The normalized spacial score (nSPS) is 12.4. The standard InChI is InChI=1S/C23H15F3O2S/c1-2-17-8-12-19(13-9-17)22(29(27,28)21-6-4-3-5-7-21)16-18-10-14-20(15-11-18)23(24,25)26/h1,3-16H. The van der Waals surface area contributed by atoms with Crippen molar-refractivity contribution in [2.24, 2.45) is 0 Å². The van der Waals surface area contributed by atoms with Crippen LogP contribution in [0.15, 0.2) is 83.8 Å². The molecule has 0 amide bonds. The van der Waals surface area contributed by atoms with Crippen molar-refractivity contribution >= 4 is 20.8 Å². The van der Waals surface area contributed by atoms with Crippen LogP contribution in [-0.4, -0.2) is 8.42 Å². The zero-order valence-corrected chi connectivity index (χ0v) is 15.8. The van der Waals surface area contributed by atoms with Gasteiger partial charge in [0.15, 0.2) is 0 Å². The average Bonchev–Trinajstić information content (AvgIpc) is 2.72. The summed E-state index contributed by atoms with van der Waals surface area (Å²) in [4.78, 5) is 0.0474. The van der Waals surface area contributed by atoms with Gasteiger partial charge in [-0.15, -0.1) is 6.42 Å². The minimum absolute atomic E-state index is 0.0352. The van der Waals surface area contributed by atoms with Crippen molar-refractivity contribution in [3.05, 3.63) is 101 Å². The maximum atomic E-state index is 13.2. The highest BCUT2D eigenvalue weighted by Crippen LogP contribution is 2.32. The van der Waals surface area contributed by atoms with Crippen molar-refractivity contribution in [2.45, 2.75) is 11.1 Å². The molecule has 0 aliphatic rings. The minimum atomic E-state index is -4.47. The summed E-state index contributed by atoms with van der Waals surface area (Å²) in [5, 5.41) is 0. The van der Waals surface area contributed by atoms with Gasteiger partial charge in [0.25, 0.3) is 0 Å². The summed E-state index contributed by atoms with van der Waals surface area (Å²) in [5.74, 6) is 2.46. The highest BCUT2D eigenvalue weighted by molar-refractivity contribution is 8.00. The van der Waals surface area contributed by atoms with Crippen LogP contribution in [0.4, 0.5) is 13.2 Å². The van der Waals surface area contributed by atoms with Gasteiger partial charge in [0.05, 0.1) is 15.4 Å². The molecule has 0 unspecified atom stereocenters. The van der Waals surface area contributed by atoms with Crippen LogP contribution in [0, 0.1) is 12.3 Å². The van der Waals surface area contributed by atoms with Crippen LogP contribution in [0.1, 0.15) is 22.3 Å². The number of rotatable bonds is 4. The quantitative estimate of drug-likeness (QED) is 0.409. The Hall–Kier alpha value is -3.30. The first-order valence-electron chi connectivity index (χ1n) is 8.48. The molecule has 0 radical (unpaired) electrons. The second-order valence-corrected chi connectivity index (χ2v) is 8.08. The number of hydrogen-bond donors (Lipinski definition) is 0. The zero-order chi connectivity index (χ0) is 21.1. The lowest BCUT2D eigenvalue weighted by Crippen LogP contribution is -2.05. The number of halogens is 3. The summed E-state index contributed by atoms with van der Waals surface area (Å²) in [6, 6.07) is 18.5. The van der Waals surface area contributed by atoms with Crippen LogP contribution in [0.5, 0.6) is 0 Å². The van der Waals surface area contributed by atoms with Crippen molar-refractivity contribution in [1.82, 2.24) is 0 Å². The molecule has 2 nitrogen and oxygen atoms in total. The van der Waals surface area contributed by atoms with Gasteiger partial charge in [0.1, 0.15) is 0 Å². The van der Waals surface area contributed by atoms with E-state index >= 15 is 0 Å². The number of alkyl halides is 3. The molecule has 0 spiro atoms. The van der Waals surface area contributed by atoms with E-state index in [4.69, 9.17) is 6.42 Å². The molecule has 3 aromatic carbocycles. The van der Waals surface area contributed by atoms with Crippen molar-refractivity contribution in [3.63, 3.8) is 0 Å². The Morgan fingerprint density at radius 2 is 1.45 bits per heavy atom. The molecule has 0 saturated heterocycles. The monoisotopic (exact) mass is 412 g/mol. The van der Waals surface area contributed by atoms with E-state index in [0.717, 1.165) is 12.1 Å². The molecule has 3 rings (SSSR count). The first kappa shape index (κ1) is 20.4. The molecule has 3 aromatic rings. The molecule has 0 fully saturated rings. The number of sulfone groups is 1. The van der Waals surface area contributed by atoms with Crippen LogP contribution >= 0.6 is 0 Å². The highest BCUT2D eigenvalue weighted by Gasteiger charge is 2.30. The number of hydrogen-bond acceptors (Lipinski definition) is 2. The molecule has 0 heterocycles. The summed E-state index contributed by atoms with van der Waals surface area (Å²) in [5.41, 5.74) is 0.488. The molecular formula is C23H15F3O2S. The van der Waals surface area contributed by atoms with E-state index in [1.807, 2.05) is 0 Å². The van der Waals surface area contributed by atoms with Crippen molar-refractivity contribution in [3.8, 4) is 12.3 Å². The van der Waals surface area contributed by atoms with E-state index < -0.39 is 21.6 Å². The Kier molecular flexibility index (Phi) is 5.62. The van der Waals surface area contributed by atoms with E-state index in [1.54, 1.807) is 42.5 Å². The van der Waals surface area contributed by atoms with Crippen LogP contribution in [0.25, 0.3) is 11.0 Å². The van der Waals surface area contributed by atoms with E-state index in [1.165, 1.54) is 30.3 Å². The van der Waals surface area contributed by atoms with Gasteiger partial charge in [-0.3, -0.25) is 0 Å². The number of benzene rings is 3. The van der Waals surface area contributed by atoms with E-state index in [0.29, 0.717) is 16.7 Å². The van der Waals surface area contributed by atoms with Crippen molar-refractivity contribution in [1.29, 1.82) is 0 Å². The van der Waals surface area contributed by atoms with Gasteiger partial charge >= 0.3 is 6.18 Å². The maximum absolute atomic E-state index is 13.2. The maximum Gasteiger partial charge on any atom is 0.416 e. The lowest BCUT2D eigenvalue weighted by molar-refractivity contribution is -0.137. The van der Waals surface area contributed by atoms with Crippen LogP contribution in [-0.2, 0) is 16.0 Å². The van der Waals surface area contributed by atoms with Gasteiger partial charge in [0.2, 0.25) is 9.84 Å². The smallest absolute Gasteiger partial charge is 0.218 e. The molecule has 146 valence electrons. The van der Waals surface area contributed by atoms with Gasteiger partial charge in [-0.1, -0.05) is 48.4 Å². The lowest BCUT2D eigenvalue weighted by Gasteiger charge is -2.11. The first-order valence-corrected chi connectivity index (χ1v) is 9.96. The van der Waals surface area contributed by atoms with Crippen molar-refractivity contribution < 1.29 is 21.6 Å². The Balaban J connectivity index is 2.15. The fourth-order valence-electron chi connectivity index (χ4n) is 2.69. The topological polar surface area (TPSA) is 34.1 Å². The summed E-state index contributed by atoms with van der Waals surface area (Å²) < 4.78 is 64.9. The summed E-state index contributed by atoms with van der Waals surface area (Å²) in [6.45, 7) is 0. The molecule has 0 N–H and O–H groups in total. The molecule has 0 aromatic heterocycles. The second kappa shape index (κ2) is 7.98. The van der Waals surface area contributed by atoms with Gasteiger partial charge < -0.3 is 0 Å². The molecule has 0 saturated carbocycles. The van der Waals surface area contributed by atoms with Gasteiger partial charge in [-0.05, 0) is 53.6 Å². The van der Waals surface area contributed by atoms with Gasteiger partial charge in [-0.25, -0.2) is 8.42 Å². The minimum Gasteiger partial charge on any atom is -0.218 e. The Morgan fingerprint density at radius 3 is 1.97 bits per heavy atom. The molecule has 29 heavy (non-hydrogen) atoms. The zero-order valence-electron chi connectivity index (χ0n) is 15.0. The predicted molar refractivity (Wildman–Crippen MR) is 107 cm³/mol. The van der Waals surface area contributed by atoms with Gasteiger partial charge in [0, 0.05) is 5.56 Å². The molecule has 0 aliphatic carbocycles. The third-order valence-corrected chi connectivity index (χ3v) is 6.04.